The SMILES string of the molecule is CCOc1ccc(C[NH+](C)Cn2nc(-c3ccco3)oc2=S)cc1. The summed E-state index contributed by atoms with van der Waals surface area (Å²) in [5, 5.41) is 4.38. The first-order chi connectivity index (χ1) is 11.7. The van der Waals surface area contributed by atoms with E-state index in [1.54, 1.807) is 23.1 Å². The molecule has 7 heteroatoms. The van der Waals surface area contributed by atoms with Crippen molar-refractivity contribution in [2.24, 2.45) is 0 Å². The number of ether oxygens (including phenoxy) is 1. The van der Waals surface area contributed by atoms with Gasteiger partial charge in [-0.2, -0.15) is 4.68 Å². The molecule has 24 heavy (non-hydrogen) atoms. The molecule has 0 saturated heterocycles. The molecule has 0 fully saturated rings. The minimum Gasteiger partial charge on any atom is -0.494 e. The van der Waals surface area contributed by atoms with E-state index < -0.39 is 0 Å². The minimum absolute atomic E-state index is 0.340. The van der Waals surface area contributed by atoms with Gasteiger partial charge in [0.2, 0.25) is 0 Å². The van der Waals surface area contributed by atoms with Crippen molar-refractivity contribution in [2.45, 2.75) is 20.1 Å². The van der Waals surface area contributed by atoms with Gasteiger partial charge in [-0.1, -0.05) is 0 Å². The second kappa shape index (κ2) is 7.46. The summed E-state index contributed by atoms with van der Waals surface area (Å²) < 4.78 is 17.9. The lowest BCUT2D eigenvalue weighted by atomic mass is 10.2. The lowest BCUT2D eigenvalue weighted by Gasteiger charge is -2.13. The number of hydrogen-bond acceptors (Lipinski definition) is 5. The van der Waals surface area contributed by atoms with E-state index in [9.17, 15) is 0 Å². The van der Waals surface area contributed by atoms with E-state index in [1.165, 1.54) is 10.5 Å². The van der Waals surface area contributed by atoms with Gasteiger partial charge in [0.1, 0.15) is 12.3 Å². The summed E-state index contributed by atoms with van der Waals surface area (Å²) in [4.78, 5) is 1.57. The number of hydrogen-bond donors (Lipinski definition) is 1. The van der Waals surface area contributed by atoms with Crippen LogP contribution in [0.2, 0.25) is 0 Å². The highest BCUT2D eigenvalue weighted by atomic mass is 32.1. The maximum Gasteiger partial charge on any atom is 0.292 e. The molecule has 0 aliphatic carbocycles. The molecule has 0 bridgehead atoms. The van der Waals surface area contributed by atoms with Crippen LogP contribution in [0.5, 0.6) is 5.75 Å². The Hall–Kier alpha value is -2.38. The number of quaternary nitrogens is 1. The van der Waals surface area contributed by atoms with Crippen molar-refractivity contribution in [1.82, 2.24) is 9.78 Å². The van der Waals surface area contributed by atoms with Crippen LogP contribution in [-0.2, 0) is 13.2 Å². The Bertz CT molecular complexity index is 822. The minimum atomic E-state index is 0.340. The zero-order valence-electron chi connectivity index (χ0n) is 13.7. The van der Waals surface area contributed by atoms with Crippen LogP contribution in [0.15, 0.2) is 51.5 Å². The normalized spacial score (nSPS) is 12.2. The van der Waals surface area contributed by atoms with Gasteiger partial charge < -0.3 is 18.5 Å². The summed E-state index contributed by atoms with van der Waals surface area (Å²) in [5.74, 6) is 1.86. The van der Waals surface area contributed by atoms with Gasteiger partial charge in [0.15, 0.2) is 12.4 Å². The molecule has 0 aliphatic heterocycles. The maximum absolute atomic E-state index is 5.50. The second-order valence-corrected chi connectivity index (χ2v) is 5.87. The van der Waals surface area contributed by atoms with Crippen LogP contribution in [0.1, 0.15) is 12.5 Å². The Labute approximate surface area is 145 Å². The molecule has 0 saturated carbocycles. The van der Waals surface area contributed by atoms with Crippen LogP contribution in [0.25, 0.3) is 11.7 Å². The summed E-state index contributed by atoms with van der Waals surface area (Å²) in [5.41, 5.74) is 1.22. The summed E-state index contributed by atoms with van der Waals surface area (Å²) in [6.45, 7) is 4.10. The lowest BCUT2D eigenvalue weighted by Crippen LogP contribution is -3.07. The van der Waals surface area contributed by atoms with Crippen LogP contribution in [-0.4, -0.2) is 23.4 Å². The zero-order valence-corrected chi connectivity index (χ0v) is 14.5. The highest BCUT2D eigenvalue weighted by molar-refractivity contribution is 7.71. The fourth-order valence-electron chi connectivity index (χ4n) is 2.44. The molecule has 6 nitrogen and oxygen atoms in total. The summed E-state index contributed by atoms with van der Waals surface area (Å²) in [7, 11) is 2.08. The Morgan fingerprint density at radius 1 is 1.25 bits per heavy atom. The maximum atomic E-state index is 5.50. The van der Waals surface area contributed by atoms with Crippen molar-refractivity contribution in [3.8, 4) is 17.4 Å². The van der Waals surface area contributed by atoms with Gasteiger partial charge in [0.05, 0.1) is 19.9 Å². The van der Waals surface area contributed by atoms with Crippen molar-refractivity contribution in [2.75, 3.05) is 13.7 Å². The number of rotatable bonds is 7. The summed E-state index contributed by atoms with van der Waals surface area (Å²) >= 11 is 5.24. The van der Waals surface area contributed by atoms with Crippen molar-refractivity contribution >= 4 is 12.2 Å². The van der Waals surface area contributed by atoms with Crippen molar-refractivity contribution in [1.29, 1.82) is 0 Å². The molecule has 0 amide bonds. The Morgan fingerprint density at radius 2 is 2.04 bits per heavy atom. The van der Waals surface area contributed by atoms with Crippen LogP contribution < -0.4 is 9.64 Å². The van der Waals surface area contributed by atoms with Gasteiger partial charge in [0, 0.05) is 5.56 Å². The highest BCUT2D eigenvalue weighted by Gasteiger charge is 2.13. The molecule has 3 aromatic rings. The molecular formula is C17H20N3O3S+. The standard InChI is InChI=1S/C17H19N3O3S/c1-3-21-14-8-6-13(7-9-14)11-19(2)12-20-17(24)23-16(18-20)15-5-4-10-22-15/h4-10H,3,11-12H2,1-2H3/p+1. The predicted octanol–water partition coefficient (Wildman–Crippen LogP) is 2.54. The third kappa shape index (κ3) is 3.93. The van der Waals surface area contributed by atoms with E-state index in [0.29, 0.717) is 29.8 Å². The van der Waals surface area contributed by atoms with E-state index in [2.05, 4.69) is 24.3 Å². The third-order valence-corrected chi connectivity index (χ3v) is 3.79. The van der Waals surface area contributed by atoms with Gasteiger partial charge in [-0.15, -0.1) is 5.10 Å². The summed E-state index contributed by atoms with van der Waals surface area (Å²) in [6.07, 6.45) is 1.58. The molecule has 1 N–H and O–H groups in total. The first-order valence-corrected chi connectivity index (χ1v) is 8.21. The molecule has 1 aromatic carbocycles. The van der Waals surface area contributed by atoms with E-state index in [-0.39, 0.29) is 0 Å². The molecule has 2 heterocycles. The molecular weight excluding hydrogens is 326 g/mol. The molecule has 0 aliphatic rings. The van der Waals surface area contributed by atoms with Crippen molar-refractivity contribution in [3.63, 3.8) is 0 Å². The largest absolute Gasteiger partial charge is 0.494 e. The Kier molecular flexibility index (Phi) is 5.12. The summed E-state index contributed by atoms with van der Waals surface area (Å²) in [6, 6.07) is 11.7. The first-order valence-electron chi connectivity index (χ1n) is 7.80. The molecule has 126 valence electrons. The van der Waals surface area contributed by atoms with Gasteiger partial charge >= 0.3 is 0 Å². The molecule has 3 rings (SSSR count). The molecule has 1 atom stereocenters. The van der Waals surface area contributed by atoms with Gasteiger partial charge in [-0.25, -0.2) is 0 Å². The lowest BCUT2D eigenvalue weighted by molar-refractivity contribution is -0.917. The second-order valence-electron chi connectivity index (χ2n) is 5.52. The van der Waals surface area contributed by atoms with E-state index >= 15 is 0 Å². The van der Waals surface area contributed by atoms with Crippen molar-refractivity contribution in [3.05, 3.63) is 53.1 Å². The van der Waals surface area contributed by atoms with E-state index in [4.69, 9.17) is 25.8 Å². The first kappa shape index (κ1) is 16.5. The molecule has 1 unspecified atom stereocenters. The number of benzene rings is 1. The van der Waals surface area contributed by atoms with Gasteiger partial charge in [-0.3, -0.25) is 0 Å². The van der Waals surface area contributed by atoms with Crippen LogP contribution in [0.4, 0.5) is 0 Å². The average molecular weight is 346 g/mol. The average Bonchev–Trinajstić information content (AvgIpc) is 3.20. The Morgan fingerprint density at radius 3 is 2.71 bits per heavy atom. The zero-order chi connectivity index (χ0) is 16.9. The number of furan rings is 1. The fraction of sp³-hybridized carbons (Fsp3) is 0.294. The van der Waals surface area contributed by atoms with E-state index in [1.807, 2.05) is 19.1 Å². The Balaban J connectivity index is 1.64. The molecule has 0 radical (unpaired) electrons. The molecule has 2 aromatic heterocycles. The van der Waals surface area contributed by atoms with Crippen LogP contribution >= 0.6 is 12.2 Å². The van der Waals surface area contributed by atoms with Gasteiger partial charge in [0.25, 0.3) is 10.7 Å². The smallest absolute Gasteiger partial charge is 0.292 e. The topological polar surface area (TPSA) is 57.8 Å². The van der Waals surface area contributed by atoms with Crippen LogP contribution in [0, 0.1) is 4.84 Å². The number of nitrogens with one attached hydrogen (secondary N) is 1. The third-order valence-electron chi connectivity index (χ3n) is 3.50. The highest BCUT2D eigenvalue weighted by Crippen LogP contribution is 2.17. The quantitative estimate of drug-likeness (QED) is 0.666. The monoisotopic (exact) mass is 346 g/mol. The van der Waals surface area contributed by atoms with Crippen molar-refractivity contribution < 1.29 is 18.5 Å². The van der Waals surface area contributed by atoms with Crippen LogP contribution in [0.3, 0.4) is 0 Å². The fourth-order valence-corrected chi connectivity index (χ4v) is 2.62. The van der Waals surface area contributed by atoms with E-state index in [0.717, 1.165) is 12.3 Å². The predicted molar refractivity (Wildman–Crippen MR) is 91.2 cm³/mol. The van der Waals surface area contributed by atoms with Gasteiger partial charge in [-0.05, 0) is 55.5 Å². The number of aromatic nitrogens is 2. The number of nitrogens with zero attached hydrogens (tertiary/aromatic N) is 2. The molecule has 0 spiro atoms.